The molecule has 2 fully saturated rings. The predicted octanol–water partition coefficient (Wildman–Crippen LogP) is 1.91. The molecular formula is C12H23NO. The Hall–Kier alpha value is -0.0800. The van der Waals surface area contributed by atoms with Crippen molar-refractivity contribution in [3.05, 3.63) is 0 Å². The Bertz CT molecular complexity index is 202. The standard InChI is InChI=1S/C12H23NO/c1-2-9-5-6-12(7-9,8-13)11(14)10-3-4-10/h9-11,14H,2-8,13H2,1H3. The number of hydrogen-bond acceptors (Lipinski definition) is 2. The molecule has 2 nitrogen and oxygen atoms in total. The van der Waals surface area contributed by atoms with Crippen LogP contribution in [0.3, 0.4) is 0 Å². The molecule has 0 radical (unpaired) electrons. The molecular weight excluding hydrogens is 174 g/mol. The minimum absolute atomic E-state index is 0.0852. The van der Waals surface area contributed by atoms with Crippen LogP contribution in [0.15, 0.2) is 0 Å². The first-order chi connectivity index (χ1) is 6.72. The smallest absolute Gasteiger partial charge is 0.0636 e. The first kappa shape index (κ1) is 10.4. The minimum atomic E-state index is -0.107. The summed E-state index contributed by atoms with van der Waals surface area (Å²) >= 11 is 0. The third-order valence-electron chi connectivity index (χ3n) is 4.43. The summed E-state index contributed by atoms with van der Waals surface area (Å²) in [6.07, 6.45) is 7.18. The van der Waals surface area contributed by atoms with Gasteiger partial charge in [0.1, 0.15) is 0 Å². The van der Waals surface area contributed by atoms with Crippen LogP contribution in [0, 0.1) is 17.3 Å². The fourth-order valence-corrected chi connectivity index (χ4v) is 3.11. The molecule has 0 bridgehead atoms. The fourth-order valence-electron chi connectivity index (χ4n) is 3.11. The average Bonchev–Trinajstić information content (AvgIpc) is 2.97. The molecule has 82 valence electrons. The van der Waals surface area contributed by atoms with Gasteiger partial charge in [0.15, 0.2) is 0 Å². The van der Waals surface area contributed by atoms with E-state index in [2.05, 4.69) is 6.92 Å². The predicted molar refractivity (Wildman–Crippen MR) is 57.9 cm³/mol. The molecule has 0 amide bonds. The first-order valence-corrected chi connectivity index (χ1v) is 6.10. The zero-order valence-corrected chi connectivity index (χ0v) is 9.21. The van der Waals surface area contributed by atoms with Gasteiger partial charge in [-0.25, -0.2) is 0 Å². The lowest BCUT2D eigenvalue weighted by Crippen LogP contribution is -2.41. The van der Waals surface area contributed by atoms with Crippen molar-refractivity contribution >= 4 is 0 Å². The molecule has 3 atom stereocenters. The van der Waals surface area contributed by atoms with Crippen molar-refractivity contribution in [2.75, 3.05) is 6.54 Å². The van der Waals surface area contributed by atoms with Gasteiger partial charge in [-0.2, -0.15) is 0 Å². The molecule has 0 aromatic rings. The lowest BCUT2D eigenvalue weighted by Gasteiger charge is -2.33. The molecule has 2 aliphatic rings. The number of nitrogens with two attached hydrogens (primary N) is 1. The molecule has 3 N–H and O–H groups in total. The van der Waals surface area contributed by atoms with Crippen LogP contribution in [-0.4, -0.2) is 17.8 Å². The van der Waals surface area contributed by atoms with E-state index in [-0.39, 0.29) is 11.5 Å². The highest BCUT2D eigenvalue weighted by Gasteiger charge is 2.48. The molecule has 2 rings (SSSR count). The normalized spacial score (nSPS) is 40.1. The number of aliphatic hydroxyl groups excluding tert-OH is 1. The maximum atomic E-state index is 10.3. The molecule has 0 aromatic carbocycles. The highest BCUT2D eigenvalue weighted by molar-refractivity contribution is 5.00. The molecule has 0 heterocycles. The van der Waals surface area contributed by atoms with Gasteiger partial charge in [0.2, 0.25) is 0 Å². The molecule has 2 aliphatic carbocycles. The Labute approximate surface area is 86.9 Å². The third-order valence-corrected chi connectivity index (χ3v) is 4.43. The largest absolute Gasteiger partial charge is 0.392 e. The lowest BCUT2D eigenvalue weighted by atomic mass is 9.77. The SMILES string of the molecule is CCC1CCC(CN)(C(O)C2CC2)C1. The summed E-state index contributed by atoms with van der Waals surface area (Å²) in [5.74, 6) is 1.39. The van der Waals surface area contributed by atoms with Gasteiger partial charge in [-0.15, -0.1) is 0 Å². The van der Waals surface area contributed by atoms with Crippen LogP contribution < -0.4 is 5.73 Å². The Morgan fingerprint density at radius 3 is 2.57 bits per heavy atom. The van der Waals surface area contributed by atoms with E-state index in [4.69, 9.17) is 5.73 Å². The number of aliphatic hydroxyl groups is 1. The van der Waals surface area contributed by atoms with E-state index in [9.17, 15) is 5.11 Å². The van der Waals surface area contributed by atoms with Gasteiger partial charge in [-0.1, -0.05) is 13.3 Å². The molecule has 0 saturated heterocycles. The van der Waals surface area contributed by atoms with Crippen molar-refractivity contribution in [2.24, 2.45) is 23.0 Å². The Kier molecular flexibility index (Phi) is 2.85. The molecule has 0 aliphatic heterocycles. The average molecular weight is 197 g/mol. The summed E-state index contributed by atoms with van der Waals surface area (Å²) in [7, 11) is 0. The van der Waals surface area contributed by atoms with Gasteiger partial charge in [-0.05, 0) is 43.9 Å². The van der Waals surface area contributed by atoms with E-state index in [1.165, 1.54) is 25.7 Å². The van der Waals surface area contributed by atoms with Crippen LogP contribution in [0.2, 0.25) is 0 Å². The van der Waals surface area contributed by atoms with Crippen molar-refractivity contribution in [1.82, 2.24) is 0 Å². The summed E-state index contributed by atoms with van der Waals surface area (Å²) in [5.41, 5.74) is 5.98. The Morgan fingerprint density at radius 2 is 2.14 bits per heavy atom. The quantitative estimate of drug-likeness (QED) is 0.723. The second kappa shape index (κ2) is 3.82. The topological polar surface area (TPSA) is 46.2 Å². The van der Waals surface area contributed by atoms with Crippen molar-refractivity contribution in [2.45, 2.75) is 51.6 Å². The molecule has 0 spiro atoms. The Morgan fingerprint density at radius 1 is 1.43 bits per heavy atom. The van der Waals surface area contributed by atoms with Crippen LogP contribution in [0.5, 0.6) is 0 Å². The summed E-state index contributed by atoms with van der Waals surface area (Å²) in [4.78, 5) is 0. The maximum absolute atomic E-state index is 10.3. The summed E-state index contributed by atoms with van der Waals surface area (Å²) < 4.78 is 0. The van der Waals surface area contributed by atoms with Crippen molar-refractivity contribution < 1.29 is 5.11 Å². The number of hydrogen-bond donors (Lipinski definition) is 2. The van der Waals surface area contributed by atoms with Crippen LogP contribution in [-0.2, 0) is 0 Å². The Balaban J connectivity index is 2.02. The van der Waals surface area contributed by atoms with Gasteiger partial charge in [-0.3, -0.25) is 0 Å². The van der Waals surface area contributed by atoms with E-state index < -0.39 is 0 Å². The molecule has 2 saturated carbocycles. The van der Waals surface area contributed by atoms with Crippen LogP contribution in [0.1, 0.15) is 45.4 Å². The summed E-state index contributed by atoms with van der Waals surface area (Å²) in [5, 5.41) is 10.3. The molecule has 0 aromatic heterocycles. The van der Waals surface area contributed by atoms with E-state index in [0.29, 0.717) is 12.5 Å². The van der Waals surface area contributed by atoms with E-state index in [0.717, 1.165) is 18.8 Å². The molecule has 2 heteroatoms. The lowest BCUT2D eigenvalue weighted by molar-refractivity contribution is 0.0145. The zero-order valence-electron chi connectivity index (χ0n) is 9.21. The van der Waals surface area contributed by atoms with Gasteiger partial charge >= 0.3 is 0 Å². The third kappa shape index (κ3) is 1.70. The fraction of sp³-hybridized carbons (Fsp3) is 1.00. The molecule has 3 unspecified atom stereocenters. The van der Waals surface area contributed by atoms with Gasteiger partial charge in [0, 0.05) is 12.0 Å². The van der Waals surface area contributed by atoms with Crippen LogP contribution in [0.25, 0.3) is 0 Å². The van der Waals surface area contributed by atoms with Crippen molar-refractivity contribution in [3.63, 3.8) is 0 Å². The zero-order chi connectivity index (χ0) is 10.2. The monoisotopic (exact) mass is 197 g/mol. The van der Waals surface area contributed by atoms with Gasteiger partial charge in [0.05, 0.1) is 6.10 Å². The highest BCUT2D eigenvalue weighted by atomic mass is 16.3. The molecule has 14 heavy (non-hydrogen) atoms. The van der Waals surface area contributed by atoms with E-state index >= 15 is 0 Å². The van der Waals surface area contributed by atoms with Crippen molar-refractivity contribution in [1.29, 1.82) is 0 Å². The minimum Gasteiger partial charge on any atom is -0.392 e. The highest BCUT2D eigenvalue weighted by Crippen LogP contribution is 2.50. The number of rotatable bonds is 4. The summed E-state index contributed by atoms with van der Waals surface area (Å²) in [6.45, 7) is 2.93. The second-order valence-electron chi connectivity index (χ2n) is 5.37. The second-order valence-corrected chi connectivity index (χ2v) is 5.37. The van der Waals surface area contributed by atoms with E-state index in [1.54, 1.807) is 0 Å². The van der Waals surface area contributed by atoms with Gasteiger partial charge in [0.25, 0.3) is 0 Å². The maximum Gasteiger partial charge on any atom is 0.0636 e. The van der Waals surface area contributed by atoms with Crippen LogP contribution in [0.4, 0.5) is 0 Å². The summed E-state index contributed by atoms with van der Waals surface area (Å²) in [6, 6.07) is 0. The van der Waals surface area contributed by atoms with Crippen LogP contribution >= 0.6 is 0 Å². The van der Waals surface area contributed by atoms with Crippen molar-refractivity contribution in [3.8, 4) is 0 Å². The van der Waals surface area contributed by atoms with E-state index in [1.807, 2.05) is 0 Å². The first-order valence-electron chi connectivity index (χ1n) is 6.10. The van der Waals surface area contributed by atoms with Gasteiger partial charge < -0.3 is 10.8 Å².